The second-order valence-corrected chi connectivity index (χ2v) is 7.21. The number of halogens is 1. The van der Waals surface area contributed by atoms with Crippen LogP contribution in [0, 0.1) is 0 Å². The van der Waals surface area contributed by atoms with Crippen molar-refractivity contribution in [2.24, 2.45) is 0 Å². The van der Waals surface area contributed by atoms with Gasteiger partial charge in [-0.3, -0.25) is 0 Å². The first-order valence-corrected chi connectivity index (χ1v) is 9.79. The molecule has 8 heteroatoms. The highest BCUT2D eigenvalue weighted by atomic mass is 35.5. The molecule has 1 aliphatic heterocycles. The molecule has 29 heavy (non-hydrogen) atoms. The van der Waals surface area contributed by atoms with Crippen LogP contribution in [0.1, 0.15) is 0 Å². The van der Waals surface area contributed by atoms with Crippen LogP contribution < -0.4 is 25.6 Å². The summed E-state index contributed by atoms with van der Waals surface area (Å²) in [6.07, 6.45) is 1.54. The van der Waals surface area contributed by atoms with E-state index in [2.05, 4.69) is 31.2 Å². The molecular weight excluding hydrogens is 388 g/mol. The number of nitrogens with zero attached hydrogens (tertiary/aromatic N) is 4. The predicted octanol–water partition coefficient (Wildman–Crippen LogP) is 3.79. The Kier molecular flexibility index (Phi) is 5.57. The zero-order chi connectivity index (χ0) is 20.2. The summed E-state index contributed by atoms with van der Waals surface area (Å²) in [6.45, 7) is 3.35. The van der Waals surface area contributed by atoms with E-state index >= 15 is 0 Å². The number of nitrogens with one attached hydrogen (secondary N) is 1. The fourth-order valence-electron chi connectivity index (χ4n) is 3.42. The van der Waals surface area contributed by atoms with Crippen LogP contribution in [-0.2, 0) is 0 Å². The van der Waals surface area contributed by atoms with Gasteiger partial charge in [0.15, 0.2) is 11.6 Å². The molecule has 7 nitrogen and oxygen atoms in total. The third-order valence-electron chi connectivity index (χ3n) is 4.95. The summed E-state index contributed by atoms with van der Waals surface area (Å²) in [7, 11) is 1.64. The Morgan fingerprint density at radius 3 is 2.52 bits per heavy atom. The van der Waals surface area contributed by atoms with Gasteiger partial charge in [-0.25, -0.2) is 9.97 Å². The van der Waals surface area contributed by atoms with Gasteiger partial charge < -0.3 is 25.6 Å². The molecule has 150 valence electrons. The minimum atomic E-state index is 0.534. The zero-order valence-corrected chi connectivity index (χ0v) is 16.9. The van der Waals surface area contributed by atoms with E-state index in [1.807, 2.05) is 42.5 Å². The lowest BCUT2D eigenvalue weighted by atomic mass is 10.2. The summed E-state index contributed by atoms with van der Waals surface area (Å²) >= 11 is 6.13. The number of piperazine rings is 1. The number of aromatic nitrogens is 2. The van der Waals surface area contributed by atoms with Gasteiger partial charge in [-0.15, -0.1) is 0 Å². The SMILES string of the molecule is COc1cccc(Nc2ncnc(N3CCN(c4cccc(Cl)c4)CC3)c2N)c1. The average molecular weight is 411 g/mol. The van der Waals surface area contributed by atoms with Gasteiger partial charge in [0.2, 0.25) is 0 Å². The van der Waals surface area contributed by atoms with Gasteiger partial charge in [-0.1, -0.05) is 23.7 Å². The van der Waals surface area contributed by atoms with Crippen molar-refractivity contribution in [2.75, 3.05) is 54.1 Å². The Morgan fingerprint density at radius 1 is 1.00 bits per heavy atom. The maximum absolute atomic E-state index is 6.41. The van der Waals surface area contributed by atoms with Crippen molar-refractivity contribution in [3.8, 4) is 5.75 Å². The number of nitrogen functional groups attached to an aromatic ring is 1. The van der Waals surface area contributed by atoms with Crippen LogP contribution in [0.2, 0.25) is 5.02 Å². The summed E-state index contributed by atoms with van der Waals surface area (Å²) in [5.41, 5.74) is 8.93. The number of methoxy groups -OCH3 is 1. The average Bonchev–Trinajstić information content (AvgIpc) is 2.75. The lowest BCUT2D eigenvalue weighted by molar-refractivity contribution is 0.415. The van der Waals surface area contributed by atoms with E-state index in [-0.39, 0.29) is 0 Å². The number of anilines is 5. The third kappa shape index (κ3) is 4.30. The van der Waals surface area contributed by atoms with E-state index in [1.54, 1.807) is 7.11 Å². The highest BCUT2D eigenvalue weighted by Crippen LogP contribution is 2.30. The van der Waals surface area contributed by atoms with Gasteiger partial charge in [0, 0.05) is 48.6 Å². The van der Waals surface area contributed by atoms with E-state index in [1.165, 1.54) is 6.33 Å². The van der Waals surface area contributed by atoms with Crippen LogP contribution in [-0.4, -0.2) is 43.3 Å². The number of ether oxygens (including phenoxy) is 1. The summed E-state index contributed by atoms with van der Waals surface area (Å²) in [5.74, 6) is 2.09. The van der Waals surface area contributed by atoms with Crippen LogP contribution >= 0.6 is 11.6 Å². The van der Waals surface area contributed by atoms with Crippen molar-refractivity contribution in [1.29, 1.82) is 0 Å². The first-order chi connectivity index (χ1) is 14.1. The molecule has 2 aromatic carbocycles. The standard InChI is InChI=1S/C21H23ClN6O/c1-29-18-7-3-5-16(13-18)26-20-19(23)21(25-14-24-20)28-10-8-27(9-11-28)17-6-2-4-15(22)12-17/h2-7,12-14H,8-11,23H2,1H3,(H,24,25,26). The highest BCUT2D eigenvalue weighted by molar-refractivity contribution is 6.30. The maximum Gasteiger partial charge on any atom is 0.159 e. The summed E-state index contributed by atoms with van der Waals surface area (Å²) < 4.78 is 5.27. The lowest BCUT2D eigenvalue weighted by Gasteiger charge is -2.37. The highest BCUT2D eigenvalue weighted by Gasteiger charge is 2.21. The molecule has 1 saturated heterocycles. The molecule has 4 rings (SSSR count). The smallest absolute Gasteiger partial charge is 0.159 e. The fraction of sp³-hybridized carbons (Fsp3) is 0.238. The Hall–Kier alpha value is -3.19. The number of hydrogen-bond donors (Lipinski definition) is 2. The first kappa shape index (κ1) is 19.1. The van der Waals surface area contributed by atoms with Crippen LogP contribution in [0.15, 0.2) is 54.9 Å². The molecule has 0 unspecified atom stereocenters. The van der Waals surface area contributed by atoms with Gasteiger partial charge in [0.05, 0.1) is 7.11 Å². The molecule has 3 N–H and O–H groups in total. The zero-order valence-electron chi connectivity index (χ0n) is 16.2. The van der Waals surface area contributed by atoms with Crippen LogP contribution in [0.4, 0.5) is 28.7 Å². The molecule has 0 saturated carbocycles. The van der Waals surface area contributed by atoms with Gasteiger partial charge in [-0.2, -0.15) is 0 Å². The Balaban J connectivity index is 1.48. The van der Waals surface area contributed by atoms with Crippen molar-refractivity contribution >= 4 is 40.3 Å². The Labute approximate surface area is 175 Å². The minimum Gasteiger partial charge on any atom is -0.497 e. The normalized spacial score (nSPS) is 14.0. The van der Waals surface area contributed by atoms with Crippen molar-refractivity contribution in [1.82, 2.24) is 9.97 Å². The second kappa shape index (κ2) is 8.45. The van der Waals surface area contributed by atoms with Crippen LogP contribution in [0.25, 0.3) is 0 Å². The third-order valence-corrected chi connectivity index (χ3v) is 5.18. The van der Waals surface area contributed by atoms with Crippen molar-refractivity contribution in [3.05, 3.63) is 59.9 Å². The first-order valence-electron chi connectivity index (χ1n) is 9.41. The number of nitrogens with two attached hydrogens (primary N) is 1. The van der Waals surface area contributed by atoms with E-state index in [0.29, 0.717) is 11.5 Å². The largest absolute Gasteiger partial charge is 0.497 e. The van der Waals surface area contributed by atoms with E-state index in [9.17, 15) is 0 Å². The molecule has 0 aliphatic carbocycles. The van der Waals surface area contributed by atoms with Crippen molar-refractivity contribution in [3.63, 3.8) is 0 Å². The molecule has 2 heterocycles. The van der Waals surface area contributed by atoms with Crippen LogP contribution in [0.3, 0.4) is 0 Å². The van der Waals surface area contributed by atoms with E-state index in [4.69, 9.17) is 22.1 Å². The molecule has 1 fully saturated rings. The summed E-state index contributed by atoms with van der Waals surface area (Å²) in [4.78, 5) is 13.3. The molecule has 0 amide bonds. The number of hydrogen-bond acceptors (Lipinski definition) is 7. The molecule has 0 radical (unpaired) electrons. The molecule has 1 aliphatic rings. The van der Waals surface area contributed by atoms with Gasteiger partial charge >= 0.3 is 0 Å². The van der Waals surface area contributed by atoms with Gasteiger partial charge in [0.1, 0.15) is 17.8 Å². The lowest BCUT2D eigenvalue weighted by Crippen LogP contribution is -2.47. The predicted molar refractivity (Wildman–Crippen MR) is 119 cm³/mol. The fourth-order valence-corrected chi connectivity index (χ4v) is 3.61. The number of rotatable bonds is 5. The molecule has 1 aromatic heterocycles. The molecular formula is C21H23ClN6O. The van der Waals surface area contributed by atoms with Gasteiger partial charge in [-0.05, 0) is 30.3 Å². The maximum atomic E-state index is 6.41. The Bertz CT molecular complexity index is 990. The summed E-state index contributed by atoms with van der Waals surface area (Å²) in [6, 6.07) is 15.6. The van der Waals surface area contributed by atoms with Crippen LogP contribution in [0.5, 0.6) is 5.75 Å². The quantitative estimate of drug-likeness (QED) is 0.662. The Morgan fingerprint density at radius 2 is 1.76 bits per heavy atom. The van der Waals surface area contributed by atoms with Crippen molar-refractivity contribution < 1.29 is 4.74 Å². The van der Waals surface area contributed by atoms with Crippen molar-refractivity contribution in [2.45, 2.75) is 0 Å². The molecule has 0 spiro atoms. The molecule has 0 bridgehead atoms. The van der Waals surface area contributed by atoms with E-state index < -0.39 is 0 Å². The summed E-state index contributed by atoms with van der Waals surface area (Å²) in [5, 5.41) is 4.01. The monoisotopic (exact) mass is 410 g/mol. The van der Waals surface area contributed by atoms with Gasteiger partial charge in [0.25, 0.3) is 0 Å². The molecule has 3 aromatic rings. The molecule has 0 atom stereocenters. The topological polar surface area (TPSA) is 79.5 Å². The second-order valence-electron chi connectivity index (χ2n) is 6.77. The number of benzene rings is 2. The minimum absolute atomic E-state index is 0.534. The van der Waals surface area contributed by atoms with E-state index in [0.717, 1.165) is 54.1 Å².